The lowest BCUT2D eigenvalue weighted by molar-refractivity contribution is 0.0732. The summed E-state index contributed by atoms with van der Waals surface area (Å²) >= 11 is 0. The van der Waals surface area contributed by atoms with Gasteiger partial charge in [0.2, 0.25) is 0 Å². The average molecular weight is 201 g/mol. The molecule has 1 saturated heterocycles. The van der Waals surface area contributed by atoms with Crippen molar-refractivity contribution in [1.82, 2.24) is 5.32 Å². The second-order valence-corrected chi connectivity index (χ2v) is 4.45. The first-order chi connectivity index (χ1) is 6.74. The third-order valence-corrected chi connectivity index (χ3v) is 2.65. The van der Waals surface area contributed by atoms with E-state index >= 15 is 0 Å². The maximum atomic E-state index is 5.64. The molecule has 1 N–H and O–H groups in total. The Morgan fingerprint density at radius 3 is 2.71 bits per heavy atom. The van der Waals surface area contributed by atoms with Gasteiger partial charge >= 0.3 is 0 Å². The van der Waals surface area contributed by atoms with Crippen LogP contribution in [0, 0.1) is 11.8 Å². The quantitative estimate of drug-likeness (QED) is 0.702. The topological polar surface area (TPSA) is 30.5 Å². The van der Waals surface area contributed by atoms with Crippen LogP contribution in [0.15, 0.2) is 0 Å². The summed E-state index contributed by atoms with van der Waals surface area (Å²) in [5, 5.41) is 3.31. The van der Waals surface area contributed by atoms with Crippen LogP contribution in [0.1, 0.15) is 20.3 Å². The molecule has 0 saturated carbocycles. The van der Waals surface area contributed by atoms with E-state index in [-0.39, 0.29) is 0 Å². The molecule has 1 rings (SSSR count). The summed E-state index contributed by atoms with van der Waals surface area (Å²) < 4.78 is 11.0. The van der Waals surface area contributed by atoms with Crippen molar-refractivity contribution in [2.75, 3.05) is 33.5 Å². The Morgan fingerprint density at radius 1 is 1.43 bits per heavy atom. The van der Waals surface area contributed by atoms with Crippen LogP contribution in [0.5, 0.6) is 0 Å². The van der Waals surface area contributed by atoms with Gasteiger partial charge in [0.25, 0.3) is 0 Å². The van der Waals surface area contributed by atoms with Crippen LogP contribution in [0.2, 0.25) is 0 Å². The van der Waals surface area contributed by atoms with Gasteiger partial charge in [0.15, 0.2) is 0 Å². The highest BCUT2D eigenvalue weighted by Gasteiger charge is 2.24. The molecule has 2 atom stereocenters. The van der Waals surface area contributed by atoms with Gasteiger partial charge in [-0.2, -0.15) is 0 Å². The molecule has 14 heavy (non-hydrogen) atoms. The first-order valence-corrected chi connectivity index (χ1v) is 5.56. The van der Waals surface area contributed by atoms with Crippen molar-refractivity contribution in [2.45, 2.75) is 26.3 Å². The number of nitrogens with one attached hydrogen (secondary N) is 1. The molecule has 1 fully saturated rings. The van der Waals surface area contributed by atoms with Gasteiger partial charge in [-0.1, -0.05) is 13.8 Å². The number of hydrogen-bond donors (Lipinski definition) is 1. The Morgan fingerprint density at radius 2 is 2.21 bits per heavy atom. The maximum absolute atomic E-state index is 5.64. The number of rotatable bonds is 6. The van der Waals surface area contributed by atoms with Crippen molar-refractivity contribution in [3.63, 3.8) is 0 Å². The van der Waals surface area contributed by atoms with Gasteiger partial charge in [-0.25, -0.2) is 0 Å². The zero-order valence-corrected chi connectivity index (χ0v) is 9.58. The smallest absolute Gasteiger partial charge is 0.0623 e. The highest BCUT2D eigenvalue weighted by molar-refractivity contribution is 4.77. The van der Waals surface area contributed by atoms with Crippen molar-refractivity contribution in [3.05, 3.63) is 0 Å². The second kappa shape index (κ2) is 6.38. The van der Waals surface area contributed by atoms with E-state index in [9.17, 15) is 0 Å². The molecule has 0 aromatic heterocycles. The molecule has 0 aromatic rings. The van der Waals surface area contributed by atoms with Crippen LogP contribution in [-0.4, -0.2) is 39.5 Å². The van der Waals surface area contributed by atoms with E-state index in [0.29, 0.717) is 17.9 Å². The number of likely N-dealkylation sites (N-methyl/N-ethyl adjacent to an activating group) is 1. The molecule has 0 radical (unpaired) electrons. The number of hydrogen-bond acceptors (Lipinski definition) is 3. The molecule has 0 amide bonds. The Hall–Kier alpha value is -0.120. The Labute approximate surface area is 87.2 Å². The molecular weight excluding hydrogens is 178 g/mol. The fourth-order valence-electron chi connectivity index (χ4n) is 1.76. The van der Waals surface area contributed by atoms with Gasteiger partial charge in [0.05, 0.1) is 13.2 Å². The monoisotopic (exact) mass is 201 g/mol. The van der Waals surface area contributed by atoms with E-state index in [4.69, 9.17) is 9.47 Å². The summed E-state index contributed by atoms with van der Waals surface area (Å²) in [5.74, 6) is 1.25. The normalized spacial score (nSPS) is 24.4. The van der Waals surface area contributed by atoms with Gasteiger partial charge in [0, 0.05) is 25.2 Å². The van der Waals surface area contributed by atoms with Gasteiger partial charge in [-0.15, -0.1) is 0 Å². The fourth-order valence-corrected chi connectivity index (χ4v) is 1.76. The standard InChI is InChI=1S/C11H23NO2/c1-9(2)6-14-8-11(12-3)10-4-5-13-7-10/h9-12H,4-8H2,1-3H3. The van der Waals surface area contributed by atoms with Crippen LogP contribution in [0.3, 0.4) is 0 Å². The molecule has 0 spiro atoms. The van der Waals surface area contributed by atoms with Crippen LogP contribution in [0.4, 0.5) is 0 Å². The van der Waals surface area contributed by atoms with Crippen LogP contribution in [-0.2, 0) is 9.47 Å². The fraction of sp³-hybridized carbons (Fsp3) is 1.00. The van der Waals surface area contributed by atoms with E-state index in [2.05, 4.69) is 19.2 Å². The van der Waals surface area contributed by atoms with E-state index in [1.807, 2.05) is 7.05 Å². The van der Waals surface area contributed by atoms with Crippen molar-refractivity contribution in [2.24, 2.45) is 11.8 Å². The van der Waals surface area contributed by atoms with Crippen molar-refractivity contribution in [3.8, 4) is 0 Å². The Bertz CT molecular complexity index is 144. The van der Waals surface area contributed by atoms with Crippen molar-refractivity contribution in [1.29, 1.82) is 0 Å². The van der Waals surface area contributed by atoms with Crippen molar-refractivity contribution < 1.29 is 9.47 Å². The van der Waals surface area contributed by atoms with Crippen LogP contribution in [0.25, 0.3) is 0 Å². The first-order valence-electron chi connectivity index (χ1n) is 5.56. The maximum Gasteiger partial charge on any atom is 0.0623 e. The summed E-state index contributed by atoms with van der Waals surface area (Å²) in [4.78, 5) is 0. The second-order valence-electron chi connectivity index (χ2n) is 4.45. The molecule has 1 aliphatic heterocycles. The molecular formula is C11H23NO2. The molecule has 1 heterocycles. The van der Waals surface area contributed by atoms with Gasteiger partial charge in [-0.3, -0.25) is 0 Å². The van der Waals surface area contributed by atoms with E-state index in [0.717, 1.165) is 32.8 Å². The highest BCUT2D eigenvalue weighted by Crippen LogP contribution is 2.16. The minimum atomic E-state index is 0.455. The van der Waals surface area contributed by atoms with E-state index in [1.165, 1.54) is 0 Å². The lowest BCUT2D eigenvalue weighted by Gasteiger charge is -2.22. The summed E-state index contributed by atoms with van der Waals surface area (Å²) in [6, 6.07) is 0.455. The molecule has 3 nitrogen and oxygen atoms in total. The third-order valence-electron chi connectivity index (χ3n) is 2.65. The van der Waals surface area contributed by atoms with Crippen molar-refractivity contribution >= 4 is 0 Å². The Kier molecular flexibility index (Phi) is 5.45. The minimum absolute atomic E-state index is 0.455. The van der Waals surface area contributed by atoms with E-state index in [1.54, 1.807) is 0 Å². The zero-order chi connectivity index (χ0) is 10.4. The van der Waals surface area contributed by atoms with Gasteiger partial charge < -0.3 is 14.8 Å². The lowest BCUT2D eigenvalue weighted by atomic mass is 10.00. The molecule has 3 heteroatoms. The molecule has 1 aliphatic rings. The molecule has 2 unspecified atom stereocenters. The zero-order valence-electron chi connectivity index (χ0n) is 9.58. The minimum Gasteiger partial charge on any atom is -0.381 e. The predicted octanol–water partition coefficient (Wildman–Crippen LogP) is 1.28. The molecule has 84 valence electrons. The number of ether oxygens (including phenoxy) is 2. The largest absolute Gasteiger partial charge is 0.381 e. The molecule has 0 aromatic carbocycles. The summed E-state index contributed by atoms with van der Waals surface area (Å²) in [6.45, 7) is 7.80. The first kappa shape index (κ1) is 12.0. The van der Waals surface area contributed by atoms with Crippen LogP contribution >= 0.6 is 0 Å². The van der Waals surface area contributed by atoms with Gasteiger partial charge in [-0.05, 0) is 19.4 Å². The van der Waals surface area contributed by atoms with E-state index < -0.39 is 0 Å². The molecule has 0 aliphatic carbocycles. The summed E-state index contributed by atoms with van der Waals surface area (Å²) in [5.41, 5.74) is 0. The highest BCUT2D eigenvalue weighted by atomic mass is 16.5. The predicted molar refractivity (Wildman–Crippen MR) is 57.4 cm³/mol. The van der Waals surface area contributed by atoms with Crippen LogP contribution < -0.4 is 5.32 Å². The Balaban J connectivity index is 2.17. The average Bonchev–Trinajstić information content (AvgIpc) is 2.64. The summed E-state index contributed by atoms with van der Waals surface area (Å²) in [7, 11) is 2.00. The lowest BCUT2D eigenvalue weighted by Crippen LogP contribution is -2.38. The molecule has 0 bridgehead atoms. The third kappa shape index (κ3) is 3.95. The summed E-state index contributed by atoms with van der Waals surface area (Å²) in [6.07, 6.45) is 1.16. The van der Waals surface area contributed by atoms with Gasteiger partial charge in [0.1, 0.15) is 0 Å². The SMILES string of the molecule is CNC(COCC(C)C)C1CCOC1.